The molecule has 0 fully saturated rings. The number of benzene rings is 1. The maximum atomic E-state index is 10.8. The Morgan fingerprint density at radius 1 is 1.24 bits per heavy atom. The molecule has 134 valence electrons. The number of aromatic nitrogens is 2. The maximum absolute atomic E-state index is 10.8. The van der Waals surface area contributed by atoms with Gasteiger partial charge in [-0.05, 0) is 25.3 Å². The molecule has 7 heteroatoms. The molecule has 0 unspecified atom stereocenters. The summed E-state index contributed by atoms with van der Waals surface area (Å²) in [6, 6.07) is 6.61. The third kappa shape index (κ3) is 5.51. The number of thioether (sulfide) groups is 1. The summed E-state index contributed by atoms with van der Waals surface area (Å²) in [6.07, 6.45) is 3.65. The molecule has 1 N–H and O–H groups in total. The molecule has 0 spiro atoms. The second-order valence-electron chi connectivity index (χ2n) is 5.78. The lowest BCUT2D eigenvalue weighted by Gasteiger charge is -2.14. The van der Waals surface area contributed by atoms with Crippen molar-refractivity contribution in [3.63, 3.8) is 0 Å². The molecule has 1 aromatic heterocycles. The van der Waals surface area contributed by atoms with E-state index in [1.807, 2.05) is 6.92 Å². The third-order valence-electron chi connectivity index (χ3n) is 3.79. The SMILES string of the molecule is CCCCc1nc(C)nc(SCCO)c1Cc1ccc([N+](=O)[O-])cc1. The van der Waals surface area contributed by atoms with Gasteiger partial charge in [0.25, 0.3) is 5.69 Å². The number of aryl methyl sites for hydroxylation is 2. The molecule has 0 saturated carbocycles. The minimum atomic E-state index is -0.395. The van der Waals surface area contributed by atoms with Crippen LogP contribution >= 0.6 is 11.8 Å². The van der Waals surface area contributed by atoms with Crippen LogP contribution in [0.2, 0.25) is 0 Å². The standard InChI is InChI=1S/C18H23N3O3S/c1-3-4-5-17-16(18(25-11-10-22)20-13(2)19-17)12-14-6-8-15(9-7-14)21(23)24/h6-9,22H,3-5,10-12H2,1-2H3. The molecule has 0 radical (unpaired) electrons. The highest BCUT2D eigenvalue weighted by Gasteiger charge is 2.15. The first-order valence-electron chi connectivity index (χ1n) is 8.38. The van der Waals surface area contributed by atoms with E-state index >= 15 is 0 Å². The van der Waals surface area contributed by atoms with Crippen LogP contribution in [0.25, 0.3) is 0 Å². The summed E-state index contributed by atoms with van der Waals surface area (Å²) in [5.41, 5.74) is 3.17. The van der Waals surface area contributed by atoms with Crippen LogP contribution in [0.3, 0.4) is 0 Å². The Labute approximate surface area is 151 Å². The van der Waals surface area contributed by atoms with Crippen LogP contribution in [0.5, 0.6) is 0 Å². The van der Waals surface area contributed by atoms with E-state index in [1.165, 1.54) is 23.9 Å². The van der Waals surface area contributed by atoms with E-state index in [0.717, 1.165) is 46.9 Å². The lowest BCUT2D eigenvalue weighted by atomic mass is 10.0. The molecule has 0 saturated heterocycles. The number of rotatable bonds is 9. The Balaban J connectivity index is 2.35. The second-order valence-corrected chi connectivity index (χ2v) is 6.86. The van der Waals surface area contributed by atoms with Gasteiger partial charge in [0.05, 0.1) is 11.5 Å². The fraction of sp³-hybridized carbons (Fsp3) is 0.444. The maximum Gasteiger partial charge on any atom is 0.269 e. The van der Waals surface area contributed by atoms with E-state index in [0.29, 0.717) is 12.2 Å². The summed E-state index contributed by atoms with van der Waals surface area (Å²) < 4.78 is 0. The lowest BCUT2D eigenvalue weighted by molar-refractivity contribution is -0.384. The summed E-state index contributed by atoms with van der Waals surface area (Å²) >= 11 is 1.53. The quantitative estimate of drug-likeness (QED) is 0.317. The zero-order valence-electron chi connectivity index (χ0n) is 14.6. The van der Waals surface area contributed by atoms with Gasteiger partial charge < -0.3 is 5.11 Å². The van der Waals surface area contributed by atoms with E-state index in [2.05, 4.69) is 16.9 Å². The largest absolute Gasteiger partial charge is 0.396 e. The van der Waals surface area contributed by atoms with Crippen molar-refractivity contribution in [3.8, 4) is 0 Å². The molecule has 0 amide bonds. The van der Waals surface area contributed by atoms with Gasteiger partial charge in [-0.15, -0.1) is 11.8 Å². The first-order valence-corrected chi connectivity index (χ1v) is 9.37. The van der Waals surface area contributed by atoms with Crippen LogP contribution < -0.4 is 0 Å². The minimum absolute atomic E-state index is 0.0880. The summed E-state index contributed by atoms with van der Waals surface area (Å²) in [5, 5.41) is 20.8. The zero-order chi connectivity index (χ0) is 18.2. The number of unbranched alkanes of at least 4 members (excludes halogenated alkanes) is 1. The van der Waals surface area contributed by atoms with Gasteiger partial charge in [-0.2, -0.15) is 0 Å². The van der Waals surface area contributed by atoms with Gasteiger partial charge in [-0.1, -0.05) is 25.5 Å². The van der Waals surface area contributed by atoms with Gasteiger partial charge in [0.1, 0.15) is 10.9 Å². The third-order valence-corrected chi connectivity index (χ3v) is 4.79. The molecule has 25 heavy (non-hydrogen) atoms. The Morgan fingerprint density at radius 2 is 1.96 bits per heavy atom. The number of non-ortho nitro benzene ring substituents is 1. The Morgan fingerprint density at radius 3 is 2.56 bits per heavy atom. The molecular weight excluding hydrogens is 338 g/mol. The van der Waals surface area contributed by atoms with Crippen molar-refractivity contribution in [3.05, 3.63) is 57.0 Å². The molecule has 2 rings (SSSR count). The van der Waals surface area contributed by atoms with Crippen molar-refractivity contribution < 1.29 is 10.0 Å². The van der Waals surface area contributed by atoms with Crippen LogP contribution in [0, 0.1) is 17.0 Å². The average molecular weight is 361 g/mol. The van der Waals surface area contributed by atoms with Crippen LogP contribution in [0.4, 0.5) is 5.69 Å². The van der Waals surface area contributed by atoms with Crippen LogP contribution in [0.15, 0.2) is 29.3 Å². The first kappa shape index (κ1) is 19.3. The summed E-state index contributed by atoms with van der Waals surface area (Å²) in [6.45, 7) is 4.12. The van der Waals surface area contributed by atoms with E-state index < -0.39 is 4.92 Å². The van der Waals surface area contributed by atoms with E-state index in [4.69, 9.17) is 5.11 Å². The van der Waals surface area contributed by atoms with Crippen molar-refractivity contribution in [2.24, 2.45) is 0 Å². The zero-order valence-corrected chi connectivity index (χ0v) is 15.4. The van der Waals surface area contributed by atoms with Crippen LogP contribution in [-0.2, 0) is 12.8 Å². The molecule has 1 aromatic carbocycles. The molecule has 0 bridgehead atoms. The molecule has 0 aliphatic carbocycles. The van der Waals surface area contributed by atoms with Crippen molar-refractivity contribution in [1.82, 2.24) is 9.97 Å². The van der Waals surface area contributed by atoms with E-state index in [-0.39, 0.29) is 12.3 Å². The van der Waals surface area contributed by atoms with Crippen molar-refractivity contribution in [1.29, 1.82) is 0 Å². The fourth-order valence-electron chi connectivity index (χ4n) is 2.56. The van der Waals surface area contributed by atoms with Crippen molar-refractivity contribution in [2.45, 2.75) is 44.6 Å². The average Bonchev–Trinajstić information content (AvgIpc) is 2.60. The number of aliphatic hydroxyl groups excluding tert-OH is 1. The van der Waals surface area contributed by atoms with E-state index in [1.54, 1.807) is 12.1 Å². The number of nitrogens with zero attached hydrogens (tertiary/aromatic N) is 3. The number of nitro benzene ring substituents is 1. The molecule has 0 atom stereocenters. The lowest BCUT2D eigenvalue weighted by Crippen LogP contribution is -2.07. The number of hydrogen-bond donors (Lipinski definition) is 1. The molecule has 6 nitrogen and oxygen atoms in total. The Bertz CT molecular complexity index is 691. The molecule has 0 aliphatic heterocycles. The predicted molar refractivity (Wildman–Crippen MR) is 99.1 cm³/mol. The number of nitro groups is 1. The van der Waals surface area contributed by atoms with Gasteiger partial charge in [0.2, 0.25) is 0 Å². The number of aliphatic hydroxyl groups is 1. The second kappa shape index (κ2) is 9.48. The van der Waals surface area contributed by atoms with Gasteiger partial charge in [-0.3, -0.25) is 10.1 Å². The van der Waals surface area contributed by atoms with Crippen molar-refractivity contribution >= 4 is 17.4 Å². The van der Waals surface area contributed by atoms with Gasteiger partial charge >= 0.3 is 0 Å². The highest BCUT2D eigenvalue weighted by Crippen LogP contribution is 2.27. The predicted octanol–water partition coefficient (Wildman–Crippen LogP) is 3.71. The molecule has 0 aliphatic rings. The van der Waals surface area contributed by atoms with Crippen LogP contribution in [-0.4, -0.2) is 32.4 Å². The topological polar surface area (TPSA) is 89.2 Å². The highest BCUT2D eigenvalue weighted by molar-refractivity contribution is 7.99. The van der Waals surface area contributed by atoms with Gasteiger partial charge in [0, 0.05) is 35.6 Å². The fourth-order valence-corrected chi connectivity index (χ4v) is 3.40. The Hall–Kier alpha value is -1.99. The first-order chi connectivity index (χ1) is 12.0. The normalized spacial score (nSPS) is 10.8. The van der Waals surface area contributed by atoms with E-state index in [9.17, 15) is 10.1 Å². The summed E-state index contributed by atoms with van der Waals surface area (Å²) in [4.78, 5) is 19.6. The Kier molecular flexibility index (Phi) is 7.33. The summed E-state index contributed by atoms with van der Waals surface area (Å²) in [7, 11) is 0. The smallest absolute Gasteiger partial charge is 0.269 e. The van der Waals surface area contributed by atoms with Crippen LogP contribution in [0.1, 0.15) is 42.4 Å². The molecular formula is C18H23N3O3S. The number of hydrogen-bond acceptors (Lipinski definition) is 6. The highest BCUT2D eigenvalue weighted by atomic mass is 32.2. The minimum Gasteiger partial charge on any atom is -0.396 e. The van der Waals surface area contributed by atoms with Gasteiger partial charge in [0.15, 0.2) is 0 Å². The molecule has 2 aromatic rings. The van der Waals surface area contributed by atoms with Gasteiger partial charge in [-0.25, -0.2) is 9.97 Å². The monoisotopic (exact) mass is 361 g/mol. The summed E-state index contributed by atoms with van der Waals surface area (Å²) in [5.74, 6) is 1.32. The van der Waals surface area contributed by atoms with Crippen molar-refractivity contribution in [2.75, 3.05) is 12.4 Å². The molecule has 1 heterocycles.